The van der Waals surface area contributed by atoms with Gasteiger partial charge in [-0.1, -0.05) is 42.5 Å². The number of rotatable bonds is 6. The van der Waals surface area contributed by atoms with Crippen molar-refractivity contribution in [1.29, 1.82) is 0 Å². The number of aromatic nitrogens is 1. The van der Waals surface area contributed by atoms with E-state index in [1.165, 1.54) is 11.3 Å². The summed E-state index contributed by atoms with van der Waals surface area (Å²) < 4.78 is 5.83. The lowest BCUT2D eigenvalue weighted by Gasteiger charge is -2.07. The summed E-state index contributed by atoms with van der Waals surface area (Å²) in [5.74, 6) is 0.677. The molecule has 4 rings (SSSR count). The Bertz CT molecular complexity index is 1140. The van der Waals surface area contributed by atoms with Gasteiger partial charge < -0.3 is 16.2 Å². The quantitative estimate of drug-likeness (QED) is 0.358. The van der Waals surface area contributed by atoms with Crippen LogP contribution in [0.15, 0.2) is 78.9 Å². The van der Waals surface area contributed by atoms with Gasteiger partial charge in [-0.15, -0.1) is 11.3 Å². The Hall–Kier alpha value is -3.64. The van der Waals surface area contributed by atoms with Crippen LogP contribution in [0.4, 0.5) is 11.5 Å². The first-order valence-corrected chi connectivity index (χ1v) is 9.85. The largest absolute Gasteiger partial charge is 0.489 e. The first kappa shape index (κ1) is 18.7. The fraction of sp³-hybridized carbons (Fsp3) is 0.0435. The SMILES string of the molecule is Nc1ccc(-c2nc(N)c(C(=O)c3cccc(OCc4ccccc4)c3)s2)cc1. The molecule has 29 heavy (non-hydrogen) atoms. The van der Waals surface area contributed by atoms with E-state index in [0.29, 0.717) is 33.5 Å². The predicted molar refractivity (Wildman–Crippen MR) is 117 cm³/mol. The summed E-state index contributed by atoms with van der Waals surface area (Å²) in [6.07, 6.45) is 0. The van der Waals surface area contributed by atoms with Crippen LogP contribution in [-0.2, 0) is 6.61 Å². The average molecular weight is 401 g/mol. The Morgan fingerprint density at radius 3 is 2.45 bits per heavy atom. The molecule has 5 nitrogen and oxygen atoms in total. The van der Waals surface area contributed by atoms with Gasteiger partial charge in [-0.2, -0.15) is 0 Å². The molecule has 6 heteroatoms. The maximum absolute atomic E-state index is 13.0. The molecule has 1 aromatic heterocycles. The summed E-state index contributed by atoms with van der Waals surface area (Å²) in [4.78, 5) is 17.8. The zero-order valence-corrected chi connectivity index (χ0v) is 16.4. The number of nitrogens with zero attached hydrogens (tertiary/aromatic N) is 1. The van der Waals surface area contributed by atoms with E-state index < -0.39 is 0 Å². The summed E-state index contributed by atoms with van der Waals surface area (Å²) in [5, 5.41) is 0.683. The minimum Gasteiger partial charge on any atom is -0.489 e. The Morgan fingerprint density at radius 1 is 0.931 bits per heavy atom. The van der Waals surface area contributed by atoms with Crippen molar-refractivity contribution < 1.29 is 9.53 Å². The van der Waals surface area contributed by atoms with Gasteiger partial charge >= 0.3 is 0 Å². The number of nitrogens with two attached hydrogens (primary N) is 2. The molecule has 4 aromatic rings. The van der Waals surface area contributed by atoms with Crippen molar-refractivity contribution in [2.45, 2.75) is 6.61 Å². The van der Waals surface area contributed by atoms with Crippen LogP contribution < -0.4 is 16.2 Å². The molecule has 4 N–H and O–H groups in total. The van der Waals surface area contributed by atoms with E-state index in [-0.39, 0.29) is 11.6 Å². The highest BCUT2D eigenvalue weighted by Gasteiger charge is 2.19. The smallest absolute Gasteiger partial charge is 0.206 e. The molecule has 144 valence electrons. The standard InChI is InChI=1S/C23H19N3O2S/c24-18-11-9-16(10-12-18)23-26-22(25)21(29-23)20(27)17-7-4-8-19(13-17)28-14-15-5-2-1-3-6-15/h1-13H,14,24-25H2. The average Bonchev–Trinajstić information content (AvgIpc) is 3.15. The molecule has 0 saturated heterocycles. The van der Waals surface area contributed by atoms with Gasteiger partial charge in [0.25, 0.3) is 0 Å². The van der Waals surface area contributed by atoms with Gasteiger partial charge in [0.2, 0.25) is 5.78 Å². The van der Waals surface area contributed by atoms with Crippen molar-refractivity contribution >= 4 is 28.6 Å². The molecular formula is C23H19N3O2S. The number of hydrogen-bond acceptors (Lipinski definition) is 6. The Kier molecular flexibility index (Phi) is 5.27. The van der Waals surface area contributed by atoms with Crippen LogP contribution in [-0.4, -0.2) is 10.8 Å². The lowest BCUT2D eigenvalue weighted by molar-refractivity contribution is 0.104. The molecule has 0 saturated carbocycles. The molecule has 0 aliphatic rings. The van der Waals surface area contributed by atoms with Crippen molar-refractivity contribution in [3.8, 4) is 16.3 Å². The third-order valence-electron chi connectivity index (χ3n) is 4.36. The van der Waals surface area contributed by atoms with Crippen LogP contribution in [0.3, 0.4) is 0 Å². The Balaban J connectivity index is 1.54. The minimum atomic E-state index is -0.174. The number of ketones is 1. The van der Waals surface area contributed by atoms with Gasteiger partial charge in [0.1, 0.15) is 28.1 Å². The number of thiazole rings is 1. The van der Waals surface area contributed by atoms with Gasteiger partial charge in [-0.25, -0.2) is 4.98 Å². The Labute approximate surface area is 172 Å². The van der Waals surface area contributed by atoms with Crippen molar-refractivity contribution in [2.24, 2.45) is 0 Å². The number of ether oxygens (including phenoxy) is 1. The third-order valence-corrected chi connectivity index (χ3v) is 5.48. The monoisotopic (exact) mass is 401 g/mol. The lowest BCUT2D eigenvalue weighted by Crippen LogP contribution is -2.03. The summed E-state index contributed by atoms with van der Waals surface area (Å²) in [6, 6.07) is 24.3. The van der Waals surface area contributed by atoms with Crippen LogP contribution in [0.25, 0.3) is 10.6 Å². The van der Waals surface area contributed by atoms with E-state index in [4.69, 9.17) is 16.2 Å². The number of nitrogen functional groups attached to an aromatic ring is 2. The maximum atomic E-state index is 13.0. The molecule has 0 fully saturated rings. The highest BCUT2D eigenvalue weighted by molar-refractivity contribution is 7.17. The van der Waals surface area contributed by atoms with Gasteiger partial charge in [0.15, 0.2) is 0 Å². The van der Waals surface area contributed by atoms with Crippen molar-refractivity contribution in [1.82, 2.24) is 4.98 Å². The normalized spacial score (nSPS) is 10.6. The van der Waals surface area contributed by atoms with Crippen molar-refractivity contribution in [2.75, 3.05) is 11.5 Å². The van der Waals surface area contributed by atoms with Crippen molar-refractivity contribution in [3.05, 3.63) is 94.9 Å². The molecule has 0 aliphatic carbocycles. The molecule has 1 heterocycles. The third kappa shape index (κ3) is 4.28. The number of carbonyl (C=O) groups is 1. The minimum absolute atomic E-state index is 0.174. The summed E-state index contributed by atoms with van der Waals surface area (Å²) in [7, 11) is 0. The Morgan fingerprint density at radius 2 is 1.69 bits per heavy atom. The topological polar surface area (TPSA) is 91.2 Å². The molecule has 0 unspecified atom stereocenters. The van der Waals surface area contributed by atoms with Crippen LogP contribution >= 0.6 is 11.3 Å². The van der Waals surface area contributed by atoms with Crippen LogP contribution in [0.5, 0.6) is 5.75 Å². The second-order valence-corrected chi connectivity index (χ2v) is 7.49. The predicted octanol–water partition coefficient (Wildman–Crippen LogP) is 4.78. The molecule has 0 aliphatic heterocycles. The van der Waals surface area contributed by atoms with Crippen LogP contribution in [0, 0.1) is 0 Å². The van der Waals surface area contributed by atoms with E-state index in [1.54, 1.807) is 30.3 Å². The van der Waals surface area contributed by atoms with E-state index >= 15 is 0 Å². The van der Waals surface area contributed by atoms with Crippen LogP contribution in [0.1, 0.15) is 20.8 Å². The van der Waals surface area contributed by atoms with Crippen molar-refractivity contribution in [3.63, 3.8) is 0 Å². The van der Waals surface area contributed by atoms with Crippen LogP contribution in [0.2, 0.25) is 0 Å². The summed E-state index contributed by atoms with van der Waals surface area (Å²) in [6.45, 7) is 0.433. The zero-order valence-electron chi connectivity index (χ0n) is 15.5. The highest BCUT2D eigenvalue weighted by Crippen LogP contribution is 2.32. The second-order valence-electron chi connectivity index (χ2n) is 6.49. The van der Waals surface area contributed by atoms with E-state index in [1.807, 2.05) is 48.5 Å². The summed E-state index contributed by atoms with van der Waals surface area (Å²) >= 11 is 1.27. The number of carbonyl (C=O) groups excluding carboxylic acids is 1. The van der Waals surface area contributed by atoms with Gasteiger partial charge in [0.05, 0.1) is 0 Å². The molecule has 0 radical (unpaired) electrons. The molecule has 3 aromatic carbocycles. The van der Waals surface area contributed by atoms with E-state index in [2.05, 4.69) is 4.98 Å². The summed E-state index contributed by atoms with van der Waals surface area (Å²) in [5.41, 5.74) is 14.9. The molecular weight excluding hydrogens is 382 g/mol. The fourth-order valence-electron chi connectivity index (χ4n) is 2.84. The van der Waals surface area contributed by atoms with Gasteiger partial charge in [0, 0.05) is 16.8 Å². The van der Waals surface area contributed by atoms with Gasteiger partial charge in [-0.05, 0) is 42.0 Å². The van der Waals surface area contributed by atoms with Gasteiger partial charge in [-0.3, -0.25) is 4.79 Å². The number of hydrogen-bond donors (Lipinski definition) is 2. The second kappa shape index (κ2) is 8.16. The maximum Gasteiger partial charge on any atom is 0.206 e. The van der Waals surface area contributed by atoms with E-state index in [9.17, 15) is 4.79 Å². The highest BCUT2D eigenvalue weighted by atomic mass is 32.1. The molecule has 0 amide bonds. The molecule has 0 atom stereocenters. The molecule has 0 spiro atoms. The number of benzene rings is 3. The lowest BCUT2D eigenvalue weighted by atomic mass is 10.1. The molecule has 0 bridgehead atoms. The number of anilines is 2. The van der Waals surface area contributed by atoms with E-state index in [0.717, 1.165) is 11.1 Å². The fourth-order valence-corrected chi connectivity index (χ4v) is 3.79. The first-order valence-electron chi connectivity index (χ1n) is 9.04. The first-order chi connectivity index (χ1) is 14.1. The zero-order chi connectivity index (χ0) is 20.2.